The summed E-state index contributed by atoms with van der Waals surface area (Å²) in [5.74, 6) is 3.19. The zero-order chi connectivity index (χ0) is 40.9. The minimum absolute atomic E-state index is 0.0720. The Kier molecular flexibility index (Phi) is 7.14. The first-order valence-corrected chi connectivity index (χ1v) is 23.2. The number of fused-ring (bicyclic) bond motifs is 13. The molecule has 298 valence electrons. The Labute approximate surface area is 365 Å². The van der Waals surface area contributed by atoms with Gasteiger partial charge in [0.05, 0.1) is 16.8 Å². The van der Waals surface area contributed by atoms with Crippen molar-refractivity contribution in [3.05, 3.63) is 220 Å². The predicted molar refractivity (Wildman–Crippen MR) is 256 cm³/mol. The zero-order valence-electron chi connectivity index (χ0n) is 35.5. The van der Waals surface area contributed by atoms with Gasteiger partial charge in [0.1, 0.15) is 0 Å². The molecule has 15 rings (SSSR count). The van der Waals surface area contributed by atoms with Gasteiger partial charge in [-0.25, -0.2) is 0 Å². The van der Waals surface area contributed by atoms with Crippen molar-refractivity contribution in [2.75, 3.05) is 4.90 Å². The lowest BCUT2D eigenvalue weighted by Gasteiger charge is -2.61. The zero-order valence-corrected chi connectivity index (χ0v) is 35.5. The quantitative estimate of drug-likeness (QED) is 0.171. The van der Waals surface area contributed by atoms with E-state index in [-0.39, 0.29) is 5.41 Å². The molecule has 62 heavy (non-hydrogen) atoms. The Balaban J connectivity index is 1.07. The second kappa shape index (κ2) is 12.6. The maximum Gasteiger partial charge on any atom is 0.0726 e. The van der Waals surface area contributed by atoms with Crippen LogP contribution >= 0.6 is 0 Å². The van der Waals surface area contributed by atoms with Crippen LogP contribution in [0.2, 0.25) is 0 Å². The SMILES string of the molecule is Cc1ccc2c(c1)-c1ccc(C)cc1C21c2ccccc2-c2c(N(c3ccc4c(c3)C3(c5ccccc5-4)C4CC5CC(C4)CC3C5)c3ccccc3-c3ccccc3)cccc21. The van der Waals surface area contributed by atoms with Crippen LogP contribution in [-0.2, 0) is 10.8 Å². The smallest absolute Gasteiger partial charge is 0.0726 e. The summed E-state index contributed by atoms with van der Waals surface area (Å²) in [6.45, 7) is 4.49. The molecule has 1 atom stereocenters. The average Bonchev–Trinajstić information content (AvgIpc) is 3.88. The van der Waals surface area contributed by atoms with Crippen LogP contribution in [0.5, 0.6) is 0 Å². The van der Waals surface area contributed by atoms with Gasteiger partial charge in [0, 0.05) is 22.2 Å². The number of hydrogen-bond acceptors (Lipinski definition) is 1. The van der Waals surface area contributed by atoms with Crippen LogP contribution in [0.1, 0.15) is 76.6 Å². The van der Waals surface area contributed by atoms with Crippen LogP contribution < -0.4 is 4.90 Å². The Hall–Kier alpha value is -6.44. The van der Waals surface area contributed by atoms with Gasteiger partial charge >= 0.3 is 0 Å². The molecule has 1 heteroatoms. The summed E-state index contributed by atoms with van der Waals surface area (Å²) in [7, 11) is 0. The van der Waals surface area contributed by atoms with Gasteiger partial charge < -0.3 is 4.90 Å². The van der Waals surface area contributed by atoms with Gasteiger partial charge in [-0.05, 0) is 161 Å². The molecule has 8 aromatic rings. The minimum atomic E-state index is -0.430. The van der Waals surface area contributed by atoms with E-state index in [0.717, 1.165) is 11.8 Å². The van der Waals surface area contributed by atoms with E-state index < -0.39 is 5.41 Å². The Morgan fingerprint density at radius 2 is 0.968 bits per heavy atom. The Morgan fingerprint density at radius 3 is 1.77 bits per heavy atom. The second-order valence-corrected chi connectivity index (χ2v) is 19.8. The summed E-state index contributed by atoms with van der Waals surface area (Å²) >= 11 is 0. The number of anilines is 3. The molecule has 0 amide bonds. The fraction of sp³-hybridized carbons (Fsp3) is 0.213. The third-order valence-corrected chi connectivity index (χ3v) is 16.8. The molecule has 7 aliphatic carbocycles. The number of rotatable bonds is 4. The predicted octanol–water partition coefficient (Wildman–Crippen LogP) is 15.5. The van der Waals surface area contributed by atoms with Gasteiger partial charge in [-0.1, -0.05) is 163 Å². The minimum Gasteiger partial charge on any atom is -0.309 e. The lowest BCUT2D eigenvalue weighted by Crippen LogP contribution is -2.55. The number of nitrogens with zero attached hydrogens (tertiary/aromatic N) is 1. The first-order valence-electron chi connectivity index (χ1n) is 23.2. The number of para-hydroxylation sites is 1. The molecular formula is C61H49N. The highest BCUT2D eigenvalue weighted by atomic mass is 15.1. The maximum absolute atomic E-state index is 2.68. The van der Waals surface area contributed by atoms with E-state index in [0.29, 0.717) is 11.8 Å². The van der Waals surface area contributed by atoms with E-state index in [9.17, 15) is 0 Å². The molecule has 1 unspecified atom stereocenters. The molecule has 0 N–H and O–H groups in total. The van der Waals surface area contributed by atoms with Crippen molar-refractivity contribution < 1.29 is 0 Å². The van der Waals surface area contributed by atoms with Gasteiger partial charge in [-0.3, -0.25) is 0 Å². The molecule has 4 fully saturated rings. The molecule has 2 spiro atoms. The van der Waals surface area contributed by atoms with Crippen molar-refractivity contribution >= 4 is 17.1 Å². The summed E-state index contributed by atoms with van der Waals surface area (Å²) < 4.78 is 0. The second-order valence-electron chi connectivity index (χ2n) is 19.8. The molecule has 0 radical (unpaired) electrons. The lowest BCUT2D eigenvalue weighted by molar-refractivity contribution is -0.0399. The molecule has 0 aliphatic heterocycles. The highest BCUT2D eigenvalue weighted by molar-refractivity contribution is 6.03. The van der Waals surface area contributed by atoms with Crippen molar-refractivity contribution in [3.8, 4) is 44.5 Å². The topological polar surface area (TPSA) is 3.24 Å². The highest BCUT2D eigenvalue weighted by Gasteiger charge is 2.62. The van der Waals surface area contributed by atoms with Crippen LogP contribution in [-0.4, -0.2) is 0 Å². The molecule has 4 saturated carbocycles. The van der Waals surface area contributed by atoms with Gasteiger partial charge in [-0.15, -0.1) is 0 Å². The average molecular weight is 796 g/mol. The van der Waals surface area contributed by atoms with E-state index in [1.54, 1.807) is 11.1 Å². The van der Waals surface area contributed by atoms with Crippen LogP contribution in [0, 0.1) is 37.5 Å². The third kappa shape index (κ3) is 4.39. The summed E-state index contributed by atoms with van der Waals surface area (Å²) in [6.07, 6.45) is 6.95. The molecule has 8 aromatic carbocycles. The van der Waals surface area contributed by atoms with E-state index in [1.165, 1.54) is 127 Å². The van der Waals surface area contributed by atoms with E-state index in [2.05, 4.69) is 195 Å². The van der Waals surface area contributed by atoms with E-state index in [4.69, 9.17) is 0 Å². The largest absolute Gasteiger partial charge is 0.309 e. The Morgan fingerprint density at radius 1 is 0.387 bits per heavy atom. The van der Waals surface area contributed by atoms with Crippen LogP contribution in [0.15, 0.2) is 176 Å². The number of hydrogen-bond donors (Lipinski definition) is 0. The van der Waals surface area contributed by atoms with Crippen molar-refractivity contribution in [2.45, 2.75) is 56.8 Å². The van der Waals surface area contributed by atoms with Crippen LogP contribution in [0.4, 0.5) is 17.1 Å². The van der Waals surface area contributed by atoms with Gasteiger partial charge in [0.25, 0.3) is 0 Å². The number of benzene rings is 8. The fourth-order valence-electron chi connectivity index (χ4n) is 14.8. The molecule has 4 bridgehead atoms. The molecule has 7 aliphatic rings. The van der Waals surface area contributed by atoms with Crippen molar-refractivity contribution in [3.63, 3.8) is 0 Å². The normalized spacial score (nSPS) is 24.7. The molecule has 0 saturated heterocycles. The first kappa shape index (κ1) is 35.2. The molecule has 0 heterocycles. The van der Waals surface area contributed by atoms with Gasteiger partial charge in [0.2, 0.25) is 0 Å². The molecule has 1 nitrogen and oxygen atoms in total. The summed E-state index contributed by atoms with van der Waals surface area (Å²) in [4.78, 5) is 2.66. The summed E-state index contributed by atoms with van der Waals surface area (Å²) in [5, 5.41) is 0. The van der Waals surface area contributed by atoms with Gasteiger partial charge in [0.15, 0.2) is 0 Å². The first-order chi connectivity index (χ1) is 30.5. The third-order valence-electron chi connectivity index (χ3n) is 16.8. The monoisotopic (exact) mass is 795 g/mol. The van der Waals surface area contributed by atoms with Crippen LogP contribution in [0.25, 0.3) is 44.5 Å². The Bertz CT molecular complexity index is 3160. The highest BCUT2D eigenvalue weighted by Crippen LogP contribution is 2.70. The van der Waals surface area contributed by atoms with E-state index >= 15 is 0 Å². The van der Waals surface area contributed by atoms with E-state index in [1.807, 2.05) is 0 Å². The van der Waals surface area contributed by atoms with Crippen molar-refractivity contribution in [1.82, 2.24) is 0 Å². The maximum atomic E-state index is 2.68. The summed E-state index contributed by atoms with van der Waals surface area (Å²) in [6, 6.07) is 68.3. The fourth-order valence-corrected chi connectivity index (χ4v) is 14.8. The molecular weight excluding hydrogens is 747 g/mol. The summed E-state index contributed by atoms with van der Waals surface area (Å²) in [5.41, 5.74) is 25.4. The van der Waals surface area contributed by atoms with Gasteiger partial charge in [-0.2, -0.15) is 0 Å². The lowest BCUT2D eigenvalue weighted by atomic mass is 9.43. The van der Waals surface area contributed by atoms with Crippen LogP contribution in [0.3, 0.4) is 0 Å². The van der Waals surface area contributed by atoms with Crippen molar-refractivity contribution in [1.29, 1.82) is 0 Å². The molecule has 0 aromatic heterocycles. The van der Waals surface area contributed by atoms with Crippen molar-refractivity contribution in [2.24, 2.45) is 23.7 Å². The number of aryl methyl sites for hydroxylation is 2. The standard InChI is InChI=1S/C61H49N/c1-37-24-28-53-50(29-37)48-26-23-38(2)30-55(48)61(53)52-19-10-7-17-49(52)59-54(61)20-12-22-58(59)62(57-21-11-8-15-45(57)41-13-4-3-5-14-41)44-25-27-47-46-16-6-9-18-51(46)60(56(47)36-44)42-32-39-31-40(34-42)35-43(60)33-39/h3-30,36,39-40,42-43H,31-35H2,1-2H3.